The Bertz CT molecular complexity index is 763. The summed E-state index contributed by atoms with van der Waals surface area (Å²) in [5.41, 5.74) is 5.84. The minimum Gasteiger partial charge on any atom is -0.463 e. The average molecular weight is 462 g/mol. The van der Waals surface area contributed by atoms with Crippen LogP contribution in [0.4, 0.5) is 5.69 Å². The lowest BCUT2D eigenvalue weighted by molar-refractivity contribution is -0.384. The van der Waals surface area contributed by atoms with Gasteiger partial charge in [0.15, 0.2) is 6.29 Å². The van der Waals surface area contributed by atoms with Crippen molar-refractivity contribution >= 4 is 5.69 Å². The van der Waals surface area contributed by atoms with Gasteiger partial charge in [-0.15, -0.1) is 0 Å². The van der Waals surface area contributed by atoms with Crippen LogP contribution in [0, 0.1) is 10.1 Å². The van der Waals surface area contributed by atoms with E-state index in [2.05, 4.69) is 0 Å². The Morgan fingerprint density at radius 2 is 1.50 bits per heavy atom. The highest BCUT2D eigenvalue weighted by Gasteiger charge is 2.50. The van der Waals surface area contributed by atoms with Crippen LogP contribution in [0.3, 0.4) is 0 Å². The van der Waals surface area contributed by atoms with Crippen LogP contribution in [0.25, 0.3) is 0 Å². The first-order valence-electron chi connectivity index (χ1n) is 9.75. The third-order valence-corrected chi connectivity index (χ3v) is 5.34. The molecular formula is C18H26N2O12. The van der Waals surface area contributed by atoms with E-state index in [1.807, 2.05) is 0 Å². The largest absolute Gasteiger partial charge is 0.463 e. The van der Waals surface area contributed by atoms with E-state index in [0.717, 1.165) is 0 Å². The van der Waals surface area contributed by atoms with Gasteiger partial charge in [-0.25, -0.2) is 0 Å². The molecule has 0 aliphatic carbocycles. The molecule has 2 heterocycles. The zero-order valence-electron chi connectivity index (χ0n) is 16.7. The molecule has 2 fully saturated rings. The number of aliphatic hydroxyl groups excluding tert-OH is 6. The average Bonchev–Trinajstić information content (AvgIpc) is 2.79. The van der Waals surface area contributed by atoms with Crippen LogP contribution in [0.1, 0.15) is 0 Å². The monoisotopic (exact) mass is 462 g/mol. The van der Waals surface area contributed by atoms with Gasteiger partial charge in [-0.05, 0) is 12.1 Å². The summed E-state index contributed by atoms with van der Waals surface area (Å²) in [6.07, 6.45) is -13.2. The van der Waals surface area contributed by atoms with Gasteiger partial charge in [-0.1, -0.05) is 0 Å². The Morgan fingerprint density at radius 1 is 0.906 bits per heavy atom. The summed E-state index contributed by atoms with van der Waals surface area (Å²) in [6.45, 7) is -1.34. The molecule has 0 aromatic heterocycles. The molecule has 14 nitrogen and oxygen atoms in total. The van der Waals surface area contributed by atoms with Crippen molar-refractivity contribution in [2.24, 2.45) is 5.73 Å². The molecule has 14 heteroatoms. The van der Waals surface area contributed by atoms with E-state index in [0.29, 0.717) is 0 Å². The predicted molar refractivity (Wildman–Crippen MR) is 102 cm³/mol. The van der Waals surface area contributed by atoms with E-state index in [1.54, 1.807) is 0 Å². The van der Waals surface area contributed by atoms with Gasteiger partial charge in [-0.3, -0.25) is 10.1 Å². The molecule has 1 aromatic carbocycles. The number of ether oxygens (including phenoxy) is 4. The number of nitro groups is 1. The summed E-state index contributed by atoms with van der Waals surface area (Å²) < 4.78 is 21.9. The maximum absolute atomic E-state index is 10.8. The SMILES string of the molecule is N[C@H]1[C@H](Oc2ccc([N+](=O)[O-])cc2)O[C@H](CO)[C@@H](O[C@@H]2O[C@H](CO)[C@H](O)[C@H](O)[C@H]2O)[C@@H]1O. The van der Waals surface area contributed by atoms with Gasteiger partial charge in [-0.2, -0.15) is 0 Å². The first kappa shape index (κ1) is 24.7. The molecule has 1 aromatic rings. The lowest BCUT2D eigenvalue weighted by Crippen LogP contribution is -2.66. The lowest BCUT2D eigenvalue weighted by atomic mass is 9.96. The normalized spacial score (nSPS) is 40.1. The zero-order chi connectivity index (χ0) is 23.6. The van der Waals surface area contributed by atoms with Crippen molar-refractivity contribution in [2.75, 3.05) is 13.2 Å². The van der Waals surface area contributed by atoms with Crippen molar-refractivity contribution in [1.29, 1.82) is 0 Å². The molecule has 0 unspecified atom stereocenters. The fourth-order valence-corrected chi connectivity index (χ4v) is 3.48. The number of hydrogen-bond acceptors (Lipinski definition) is 13. The number of benzene rings is 1. The summed E-state index contributed by atoms with van der Waals surface area (Å²) in [5.74, 6) is 0.160. The van der Waals surface area contributed by atoms with Crippen LogP contribution in [-0.2, 0) is 14.2 Å². The molecular weight excluding hydrogens is 436 g/mol. The van der Waals surface area contributed by atoms with E-state index < -0.39 is 79.5 Å². The second kappa shape index (κ2) is 10.3. The van der Waals surface area contributed by atoms with Crippen LogP contribution >= 0.6 is 0 Å². The van der Waals surface area contributed by atoms with Gasteiger partial charge in [0, 0.05) is 12.1 Å². The molecule has 180 valence electrons. The Labute approximate surface area is 181 Å². The van der Waals surface area contributed by atoms with Crippen molar-refractivity contribution in [3.63, 3.8) is 0 Å². The Hall–Kier alpha value is -1.98. The van der Waals surface area contributed by atoms with Crippen molar-refractivity contribution < 1.29 is 54.5 Å². The van der Waals surface area contributed by atoms with E-state index >= 15 is 0 Å². The lowest BCUT2D eigenvalue weighted by Gasteiger charge is -2.46. The molecule has 0 spiro atoms. The maximum atomic E-state index is 10.8. The van der Waals surface area contributed by atoms with Gasteiger partial charge in [0.05, 0.1) is 24.2 Å². The van der Waals surface area contributed by atoms with Crippen LogP contribution in [0.15, 0.2) is 24.3 Å². The van der Waals surface area contributed by atoms with Crippen LogP contribution in [0.2, 0.25) is 0 Å². The van der Waals surface area contributed by atoms with Crippen molar-refractivity contribution in [1.82, 2.24) is 0 Å². The summed E-state index contributed by atoms with van der Waals surface area (Å²) in [6, 6.07) is 3.81. The Balaban J connectivity index is 1.70. The fourth-order valence-electron chi connectivity index (χ4n) is 3.48. The van der Waals surface area contributed by atoms with Crippen LogP contribution in [-0.4, -0.2) is 110 Å². The third kappa shape index (κ3) is 4.99. The van der Waals surface area contributed by atoms with Crippen LogP contribution < -0.4 is 10.5 Å². The molecule has 0 saturated carbocycles. The number of rotatable bonds is 7. The molecule has 3 rings (SSSR count). The van der Waals surface area contributed by atoms with Gasteiger partial charge >= 0.3 is 0 Å². The Kier molecular flexibility index (Phi) is 7.94. The molecule has 2 aliphatic heterocycles. The molecule has 10 atom stereocenters. The van der Waals surface area contributed by atoms with E-state index in [4.69, 9.17) is 24.7 Å². The summed E-state index contributed by atoms with van der Waals surface area (Å²) in [7, 11) is 0. The second-order valence-corrected chi connectivity index (χ2v) is 7.46. The minimum atomic E-state index is -1.73. The first-order valence-corrected chi connectivity index (χ1v) is 9.75. The standard InChI is InChI=1S/C18H26N2O12/c19-11-13(24)16(32-18-15(26)14(25)12(23)9(5-21)30-18)10(6-22)31-17(11)29-8-3-1-7(2-4-8)20(27)28/h1-4,9-18,21-26H,5-6,19H2/t9-,10-,11-,12+,13-,14+,15-,16-,17-,18+/m1/s1. The predicted octanol–water partition coefficient (Wildman–Crippen LogP) is -3.44. The van der Waals surface area contributed by atoms with Gasteiger partial charge in [0.2, 0.25) is 6.29 Å². The molecule has 2 saturated heterocycles. The molecule has 8 N–H and O–H groups in total. The smallest absolute Gasteiger partial charge is 0.269 e. The first-order chi connectivity index (χ1) is 15.2. The molecule has 0 amide bonds. The van der Waals surface area contributed by atoms with Crippen molar-refractivity contribution in [3.05, 3.63) is 34.4 Å². The van der Waals surface area contributed by atoms with E-state index in [-0.39, 0.29) is 11.4 Å². The van der Waals surface area contributed by atoms with Crippen molar-refractivity contribution in [3.8, 4) is 5.75 Å². The fraction of sp³-hybridized carbons (Fsp3) is 0.667. The number of nitrogens with zero attached hydrogens (tertiary/aromatic N) is 1. The highest BCUT2D eigenvalue weighted by atomic mass is 16.7. The number of hydrogen-bond donors (Lipinski definition) is 7. The summed E-state index contributed by atoms with van der Waals surface area (Å²) in [5, 5.41) is 70.3. The van der Waals surface area contributed by atoms with Crippen molar-refractivity contribution in [2.45, 2.75) is 61.3 Å². The van der Waals surface area contributed by atoms with E-state index in [9.17, 15) is 40.8 Å². The minimum absolute atomic E-state index is 0.160. The molecule has 0 bridgehead atoms. The van der Waals surface area contributed by atoms with Crippen LogP contribution in [0.5, 0.6) is 5.75 Å². The molecule has 0 radical (unpaired) electrons. The third-order valence-electron chi connectivity index (χ3n) is 5.34. The van der Waals surface area contributed by atoms with Gasteiger partial charge in [0.1, 0.15) is 48.5 Å². The highest BCUT2D eigenvalue weighted by molar-refractivity contribution is 5.36. The maximum Gasteiger partial charge on any atom is 0.269 e. The highest BCUT2D eigenvalue weighted by Crippen LogP contribution is 2.30. The summed E-state index contributed by atoms with van der Waals surface area (Å²) >= 11 is 0. The topological polar surface area (TPSA) is 227 Å². The summed E-state index contributed by atoms with van der Waals surface area (Å²) in [4.78, 5) is 10.2. The quantitative estimate of drug-likeness (QED) is 0.155. The zero-order valence-corrected chi connectivity index (χ0v) is 16.7. The second-order valence-electron chi connectivity index (χ2n) is 7.46. The molecule has 32 heavy (non-hydrogen) atoms. The number of non-ortho nitro benzene ring substituents is 1. The van der Waals surface area contributed by atoms with Gasteiger partial charge < -0.3 is 55.3 Å². The number of nitro benzene ring substituents is 1. The van der Waals surface area contributed by atoms with E-state index in [1.165, 1.54) is 24.3 Å². The van der Waals surface area contributed by atoms with Gasteiger partial charge in [0.25, 0.3) is 5.69 Å². The Morgan fingerprint density at radius 3 is 2.06 bits per heavy atom. The molecule has 2 aliphatic rings. The number of aliphatic hydroxyl groups is 6. The number of nitrogens with two attached hydrogens (primary N) is 1.